The van der Waals surface area contributed by atoms with Gasteiger partial charge in [-0.15, -0.1) is 0 Å². The maximum atomic E-state index is 11.9. The van der Waals surface area contributed by atoms with Crippen LogP contribution in [0.5, 0.6) is 0 Å². The summed E-state index contributed by atoms with van der Waals surface area (Å²) >= 11 is 3.46. The van der Waals surface area contributed by atoms with Gasteiger partial charge in [0, 0.05) is 5.69 Å². The molecule has 0 spiro atoms. The number of halogens is 1. The van der Waals surface area contributed by atoms with Crippen molar-refractivity contribution >= 4 is 21.8 Å². The van der Waals surface area contributed by atoms with E-state index in [-0.39, 0.29) is 6.54 Å². The zero-order chi connectivity index (χ0) is 14.9. The second-order valence-corrected chi connectivity index (χ2v) is 5.64. The first-order valence-electron chi connectivity index (χ1n) is 6.20. The molecule has 0 saturated carbocycles. The maximum absolute atomic E-state index is 11.9. The lowest BCUT2D eigenvalue weighted by molar-refractivity contribution is -0.124. The molecule has 1 unspecified atom stereocenters. The fourth-order valence-corrected chi connectivity index (χ4v) is 2.40. The van der Waals surface area contributed by atoms with E-state index in [9.17, 15) is 4.79 Å². The average Bonchev–Trinajstić information content (AvgIpc) is 2.67. The van der Waals surface area contributed by atoms with Gasteiger partial charge in [0.05, 0.1) is 16.7 Å². The number of rotatable bonds is 4. The van der Waals surface area contributed by atoms with Crippen molar-refractivity contribution in [3.63, 3.8) is 0 Å². The Morgan fingerprint density at radius 3 is 2.40 bits per heavy atom. The minimum atomic E-state index is -1.29. The highest BCUT2D eigenvalue weighted by Gasteiger charge is 2.35. The lowest BCUT2D eigenvalue weighted by Gasteiger charge is -2.27. The number of amides is 1. The molecule has 1 aromatic carbocycles. The van der Waals surface area contributed by atoms with Crippen LogP contribution in [-0.4, -0.2) is 15.7 Å². The van der Waals surface area contributed by atoms with Crippen molar-refractivity contribution in [2.24, 2.45) is 11.5 Å². The number of aryl methyl sites for hydroxylation is 1. The van der Waals surface area contributed by atoms with E-state index in [0.29, 0.717) is 5.56 Å². The van der Waals surface area contributed by atoms with Crippen molar-refractivity contribution in [3.8, 4) is 0 Å². The largest absolute Gasteiger partial charge is 0.368 e. The molecule has 2 rings (SSSR count). The van der Waals surface area contributed by atoms with E-state index in [2.05, 4.69) is 21.0 Å². The first-order chi connectivity index (χ1) is 9.36. The summed E-state index contributed by atoms with van der Waals surface area (Å²) < 4.78 is 2.62. The minimum absolute atomic E-state index is 0.199. The summed E-state index contributed by atoms with van der Waals surface area (Å²) in [5, 5.41) is 4.38. The molecule has 6 heteroatoms. The van der Waals surface area contributed by atoms with E-state index in [4.69, 9.17) is 11.5 Å². The molecule has 1 atom stereocenters. The predicted molar refractivity (Wildman–Crippen MR) is 80.9 cm³/mol. The summed E-state index contributed by atoms with van der Waals surface area (Å²) in [4.78, 5) is 11.9. The van der Waals surface area contributed by atoms with Gasteiger partial charge in [0.1, 0.15) is 5.54 Å². The Kier molecular flexibility index (Phi) is 3.96. The number of benzene rings is 1. The van der Waals surface area contributed by atoms with Gasteiger partial charge in [0.15, 0.2) is 0 Å². The first-order valence-corrected chi connectivity index (χ1v) is 6.99. The highest BCUT2D eigenvalue weighted by atomic mass is 79.9. The van der Waals surface area contributed by atoms with E-state index < -0.39 is 11.4 Å². The molecule has 106 valence electrons. The van der Waals surface area contributed by atoms with E-state index in [0.717, 1.165) is 15.9 Å². The monoisotopic (exact) mass is 336 g/mol. The van der Waals surface area contributed by atoms with Gasteiger partial charge < -0.3 is 11.5 Å². The van der Waals surface area contributed by atoms with E-state index in [1.807, 2.05) is 32.0 Å². The number of carbonyl (C=O) groups is 1. The van der Waals surface area contributed by atoms with Crippen LogP contribution in [-0.2, 0) is 16.9 Å². The van der Waals surface area contributed by atoms with Gasteiger partial charge in [0.2, 0.25) is 5.91 Å². The van der Waals surface area contributed by atoms with Crippen LogP contribution < -0.4 is 11.5 Å². The molecule has 20 heavy (non-hydrogen) atoms. The zero-order valence-corrected chi connectivity index (χ0v) is 13.0. The lowest BCUT2D eigenvalue weighted by atomic mass is 9.90. The summed E-state index contributed by atoms with van der Waals surface area (Å²) in [5.41, 5.74) is 13.0. The molecule has 5 nitrogen and oxygen atoms in total. The molecule has 1 amide bonds. The van der Waals surface area contributed by atoms with Crippen LogP contribution in [0.1, 0.15) is 17.0 Å². The number of primary amides is 1. The third-order valence-electron chi connectivity index (χ3n) is 3.42. The standard InChI is InChI=1S/C14H17BrN4O/c1-9-12(15)10(2)19(18-9)8-14(17,13(16)20)11-6-4-3-5-7-11/h3-7H,8,17H2,1-2H3,(H2,16,20). The van der Waals surface area contributed by atoms with Crippen LogP contribution in [0, 0.1) is 13.8 Å². The van der Waals surface area contributed by atoms with E-state index in [1.54, 1.807) is 16.8 Å². The number of hydrogen-bond donors (Lipinski definition) is 2. The molecule has 0 bridgehead atoms. The molecule has 0 aliphatic rings. The highest BCUT2D eigenvalue weighted by molar-refractivity contribution is 9.10. The van der Waals surface area contributed by atoms with Crippen LogP contribution in [0.15, 0.2) is 34.8 Å². The van der Waals surface area contributed by atoms with E-state index in [1.165, 1.54) is 0 Å². The van der Waals surface area contributed by atoms with Gasteiger partial charge in [0.25, 0.3) is 0 Å². The third-order valence-corrected chi connectivity index (χ3v) is 4.57. The Balaban J connectivity index is 2.45. The number of carbonyl (C=O) groups excluding carboxylic acids is 1. The van der Waals surface area contributed by atoms with Crippen LogP contribution in [0.2, 0.25) is 0 Å². The van der Waals surface area contributed by atoms with Gasteiger partial charge in [-0.25, -0.2) is 0 Å². The number of hydrogen-bond acceptors (Lipinski definition) is 3. The Morgan fingerprint density at radius 2 is 1.95 bits per heavy atom. The first kappa shape index (κ1) is 14.7. The normalized spacial score (nSPS) is 14.0. The predicted octanol–water partition coefficient (Wildman–Crippen LogP) is 1.60. The third kappa shape index (κ3) is 2.48. The number of nitrogens with zero attached hydrogens (tertiary/aromatic N) is 2. The van der Waals surface area contributed by atoms with Crippen LogP contribution in [0.4, 0.5) is 0 Å². The van der Waals surface area contributed by atoms with Gasteiger partial charge in [-0.2, -0.15) is 5.10 Å². The number of aromatic nitrogens is 2. The Labute approximate surface area is 126 Å². The van der Waals surface area contributed by atoms with E-state index >= 15 is 0 Å². The molecule has 0 aliphatic heterocycles. The summed E-state index contributed by atoms with van der Waals surface area (Å²) in [5.74, 6) is -0.577. The van der Waals surface area contributed by atoms with Crippen molar-refractivity contribution in [2.45, 2.75) is 25.9 Å². The molecule has 0 fully saturated rings. The highest BCUT2D eigenvalue weighted by Crippen LogP contribution is 2.25. The van der Waals surface area contributed by atoms with Gasteiger partial charge in [-0.3, -0.25) is 9.48 Å². The molecule has 0 saturated heterocycles. The van der Waals surface area contributed by atoms with Crippen molar-refractivity contribution in [1.82, 2.24) is 9.78 Å². The van der Waals surface area contributed by atoms with Gasteiger partial charge in [-0.05, 0) is 35.3 Å². The van der Waals surface area contributed by atoms with Crippen molar-refractivity contribution in [2.75, 3.05) is 0 Å². The molecular formula is C14H17BrN4O. The molecular weight excluding hydrogens is 320 g/mol. The second-order valence-electron chi connectivity index (χ2n) is 4.84. The average molecular weight is 337 g/mol. The lowest BCUT2D eigenvalue weighted by Crippen LogP contribution is -2.52. The molecule has 2 aromatic rings. The molecule has 1 heterocycles. The SMILES string of the molecule is Cc1nn(CC(N)(C(N)=O)c2ccccc2)c(C)c1Br. The van der Waals surface area contributed by atoms with Gasteiger partial charge in [-0.1, -0.05) is 30.3 Å². The Bertz CT molecular complexity index is 638. The summed E-state index contributed by atoms with van der Waals surface area (Å²) in [6.45, 7) is 4.00. The summed E-state index contributed by atoms with van der Waals surface area (Å²) in [6.07, 6.45) is 0. The summed E-state index contributed by atoms with van der Waals surface area (Å²) in [7, 11) is 0. The van der Waals surface area contributed by atoms with Crippen molar-refractivity contribution in [1.29, 1.82) is 0 Å². The van der Waals surface area contributed by atoms with Crippen molar-refractivity contribution in [3.05, 3.63) is 51.8 Å². The van der Waals surface area contributed by atoms with Crippen molar-refractivity contribution < 1.29 is 4.79 Å². The Morgan fingerprint density at radius 1 is 1.35 bits per heavy atom. The minimum Gasteiger partial charge on any atom is -0.368 e. The molecule has 4 N–H and O–H groups in total. The topological polar surface area (TPSA) is 86.9 Å². The van der Waals surface area contributed by atoms with Gasteiger partial charge >= 0.3 is 0 Å². The fraction of sp³-hybridized carbons (Fsp3) is 0.286. The Hall–Kier alpha value is -1.66. The van der Waals surface area contributed by atoms with Crippen LogP contribution in [0.3, 0.4) is 0 Å². The molecule has 0 radical (unpaired) electrons. The maximum Gasteiger partial charge on any atom is 0.244 e. The second kappa shape index (κ2) is 5.38. The zero-order valence-electron chi connectivity index (χ0n) is 11.4. The smallest absolute Gasteiger partial charge is 0.244 e. The quantitative estimate of drug-likeness (QED) is 0.888. The molecule has 0 aliphatic carbocycles. The molecule has 1 aromatic heterocycles. The summed E-state index contributed by atoms with van der Waals surface area (Å²) in [6, 6.07) is 9.12. The van der Waals surface area contributed by atoms with Crippen LogP contribution >= 0.6 is 15.9 Å². The van der Waals surface area contributed by atoms with Crippen LogP contribution in [0.25, 0.3) is 0 Å². The fourth-order valence-electron chi connectivity index (χ4n) is 2.11. The number of nitrogens with two attached hydrogens (primary N) is 2.